The fraction of sp³-hybridized carbons (Fsp3) is 0.441. The van der Waals surface area contributed by atoms with Gasteiger partial charge in [0.1, 0.15) is 11.5 Å². The summed E-state index contributed by atoms with van der Waals surface area (Å²) in [4.78, 5) is 44.8. The molecule has 1 fully saturated rings. The van der Waals surface area contributed by atoms with Gasteiger partial charge in [-0.05, 0) is 67.9 Å². The number of aliphatic hydroxyl groups excluding tert-OH is 1. The lowest BCUT2D eigenvalue weighted by Crippen LogP contribution is -2.52. The van der Waals surface area contributed by atoms with Crippen molar-refractivity contribution in [1.82, 2.24) is 10.3 Å². The highest BCUT2D eigenvalue weighted by atomic mass is 16.3. The molecule has 1 aliphatic heterocycles. The van der Waals surface area contributed by atoms with E-state index in [1.807, 2.05) is 49.5 Å². The average Bonchev–Trinajstić information content (AvgIpc) is 3.50. The first-order chi connectivity index (χ1) is 19.1. The van der Waals surface area contributed by atoms with Crippen LogP contribution in [0.2, 0.25) is 0 Å². The van der Waals surface area contributed by atoms with Gasteiger partial charge < -0.3 is 15.4 Å². The third kappa shape index (κ3) is 4.43. The first-order valence-corrected chi connectivity index (χ1v) is 14.5. The number of allylic oxidation sites excluding steroid dienone is 6. The number of ketones is 2. The monoisotopic (exact) mass is 540 g/mol. The average molecular weight is 541 g/mol. The molecule has 2 heterocycles. The first kappa shape index (κ1) is 28.0. The van der Waals surface area contributed by atoms with Crippen LogP contribution >= 0.6 is 0 Å². The predicted octanol–water partition coefficient (Wildman–Crippen LogP) is 5.57. The molecule has 210 valence electrons. The van der Waals surface area contributed by atoms with Gasteiger partial charge in [0.05, 0.1) is 0 Å². The second-order valence-corrected chi connectivity index (χ2v) is 12.0. The number of nitrogens with one attached hydrogen (secondary N) is 2. The minimum absolute atomic E-state index is 0.0124. The van der Waals surface area contributed by atoms with E-state index in [0.717, 1.165) is 29.0 Å². The molecule has 0 unspecified atom stereocenters. The Bertz CT molecular complexity index is 1460. The number of amides is 1. The summed E-state index contributed by atoms with van der Waals surface area (Å²) in [5.41, 5.74) is 2.49. The Balaban J connectivity index is 1.67. The van der Waals surface area contributed by atoms with Gasteiger partial charge in [-0.15, -0.1) is 0 Å². The van der Waals surface area contributed by atoms with Crippen LogP contribution in [0.25, 0.3) is 10.9 Å². The lowest BCUT2D eigenvalue weighted by atomic mass is 9.53. The van der Waals surface area contributed by atoms with Crippen molar-refractivity contribution < 1.29 is 19.5 Å². The summed E-state index contributed by atoms with van der Waals surface area (Å²) in [6.07, 6.45) is 12.6. The third-order valence-corrected chi connectivity index (χ3v) is 9.57. The van der Waals surface area contributed by atoms with E-state index in [9.17, 15) is 19.5 Å². The molecular formula is C34H40N2O4. The molecule has 3 aliphatic rings. The van der Waals surface area contributed by atoms with Crippen molar-refractivity contribution in [2.75, 3.05) is 0 Å². The molecule has 0 saturated carbocycles. The van der Waals surface area contributed by atoms with E-state index < -0.39 is 23.2 Å². The molecule has 40 heavy (non-hydrogen) atoms. The maximum Gasteiger partial charge on any atom is 0.235 e. The molecule has 1 aromatic heterocycles. The summed E-state index contributed by atoms with van der Waals surface area (Å²) in [6, 6.07) is 7.84. The number of para-hydroxylation sites is 1. The van der Waals surface area contributed by atoms with Gasteiger partial charge in [-0.2, -0.15) is 0 Å². The highest BCUT2D eigenvalue weighted by Gasteiger charge is 2.66. The van der Waals surface area contributed by atoms with Gasteiger partial charge in [0.2, 0.25) is 5.91 Å². The number of aromatic amines is 1. The van der Waals surface area contributed by atoms with Gasteiger partial charge in [0, 0.05) is 40.9 Å². The zero-order chi connectivity index (χ0) is 28.8. The van der Waals surface area contributed by atoms with Gasteiger partial charge in [0.15, 0.2) is 11.6 Å². The molecule has 1 spiro atoms. The first-order valence-electron chi connectivity index (χ1n) is 14.5. The molecule has 5 rings (SSSR count). The number of hydrogen-bond acceptors (Lipinski definition) is 4. The van der Waals surface area contributed by atoms with Gasteiger partial charge in [-0.3, -0.25) is 14.4 Å². The molecule has 0 radical (unpaired) electrons. The minimum Gasteiger partial charge on any atom is -0.381 e. The molecule has 3 N–H and O–H groups in total. The van der Waals surface area contributed by atoms with Crippen LogP contribution in [0, 0.1) is 29.1 Å². The Morgan fingerprint density at radius 1 is 1.07 bits per heavy atom. The largest absolute Gasteiger partial charge is 0.381 e. The van der Waals surface area contributed by atoms with E-state index in [4.69, 9.17) is 0 Å². The van der Waals surface area contributed by atoms with E-state index in [0.29, 0.717) is 12.0 Å². The highest BCUT2D eigenvalue weighted by molar-refractivity contribution is 6.15. The number of carbonyl (C=O) groups is 3. The molecule has 2 aliphatic carbocycles. The SMILES string of the molecule is CC[C@@H]1C(C)=C[C@@H]2/C=C/C[C@H](C)/C=C(/C)[C@@H](O)C(=O)/C=C/C(=O)[C@]23C(=O)N[C@@H]([C@H](C)c2c[nH]c4ccccc24)[C@H]13. The van der Waals surface area contributed by atoms with E-state index in [1.54, 1.807) is 6.92 Å². The number of H-pyrrole nitrogens is 1. The van der Waals surface area contributed by atoms with E-state index in [-0.39, 0.29) is 41.4 Å². The zero-order valence-corrected chi connectivity index (χ0v) is 24.0. The van der Waals surface area contributed by atoms with Gasteiger partial charge in [-0.25, -0.2) is 0 Å². The van der Waals surface area contributed by atoms with E-state index >= 15 is 0 Å². The number of aromatic nitrogens is 1. The summed E-state index contributed by atoms with van der Waals surface area (Å²) in [5.74, 6) is -1.95. The molecule has 1 aromatic carbocycles. The van der Waals surface area contributed by atoms with Crippen LogP contribution in [-0.2, 0) is 14.4 Å². The lowest BCUT2D eigenvalue weighted by molar-refractivity contribution is -0.142. The lowest BCUT2D eigenvalue weighted by Gasteiger charge is -2.46. The van der Waals surface area contributed by atoms with Crippen LogP contribution in [0.3, 0.4) is 0 Å². The van der Waals surface area contributed by atoms with Crippen molar-refractivity contribution >= 4 is 28.4 Å². The predicted molar refractivity (Wildman–Crippen MR) is 157 cm³/mol. The fourth-order valence-electron chi connectivity index (χ4n) is 7.54. The molecule has 0 bridgehead atoms. The van der Waals surface area contributed by atoms with Crippen molar-refractivity contribution in [2.45, 2.75) is 65.5 Å². The van der Waals surface area contributed by atoms with E-state index in [1.165, 1.54) is 11.6 Å². The second kappa shape index (κ2) is 10.8. The minimum atomic E-state index is -1.39. The fourth-order valence-corrected chi connectivity index (χ4v) is 7.54. The maximum atomic E-state index is 14.3. The number of fused-ring (bicyclic) bond motifs is 1. The van der Waals surface area contributed by atoms with Crippen LogP contribution in [0.5, 0.6) is 0 Å². The molecule has 2 aromatic rings. The zero-order valence-electron chi connectivity index (χ0n) is 24.0. The molecule has 1 amide bonds. The van der Waals surface area contributed by atoms with Crippen molar-refractivity contribution in [1.29, 1.82) is 0 Å². The number of carbonyl (C=O) groups excluding carboxylic acids is 3. The smallest absolute Gasteiger partial charge is 0.235 e. The van der Waals surface area contributed by atoms with Crippen molar-refractivity contribution in [3.05, 3.63) is 83.6 Å². The summed E-state index contributed by atoms with van der Waals surface area (Å²) < 4.78 is 0. The highest BCUT2D eigenvalue weighted by Crippen LogP contribution is 2.57. The Morgan fingerprint density at radius 3 is 2.58 bits per heavy atom. The van der Waals surface area contributed by atoms with Gasteiger partial charge in [0.25, 0.3) is 0 Å². The maximum absolute atomic E-state index is 14.3. The number of benzene rings is 1. The van der Waals surface area contributed by atoms with Crippen LogP contribution in [0.1, 0.15) is 58.9 Å². The Morgan fingerprint density at radius 2 is 1.82 bits per heavy atom. The topological polar surface area (TPSA) is 99.3 Å². The Hall–Kier alpha value is -3.51. The van der Waals surface area contributed by atoms with Crippen molar-refractivity contribution in [3.63, 3.8) is 0 Å². The molecule has 6 heteroatoms. The summed E-state index contributed by atoms with van der Waals surface area (Å²) in [6.45, 7) is 10.1. The van der Waals surface area contributed by atoms with Crippen LogP contribution in [-0.4, -0.2) is 39.7 Å². The van der Waals surface area contributed by atoms with Crippen LogP contribution in [0.15, 0.2) is 78.1 Å². The molecule has 8 atom stereocenters. The Labute approximate surface area is 236 Å². The molecule has 6 nitrogen and oxygen atoms in total. The normalized spacial score (nSPS) is 36.6. The van der Waals surface area contributed by atoms with Gasteiger partial charge >= 0.3 is 0 Å². The standard InChI is InChI=1S/C34H40N2O4/c1-6-24-20(3)17-23-11-9-10-19(2)16-21(4)32(39)28(37)14-15-29(38)34(23)30(24)31(36-33(34)40)22(5)26-18-35-27-13-8-7-12-25(26)27/h7-9,11-19,22-24,30-32,35,39H,6,10H2,1-5H3,(H,36,40)/b11-9+,15-14+,21-16-/t19-,22+,23-,24+,30-,31-,32+,34+/m0/s1. The Kier molecular flexibility index (Phi) is 7.58. The number of aliphatic hydroxyl groups is 1. The summed E-state index contributed by atoms with van der Waals surface area (Å²) >= 11 is 0. The quantitative estimate of drug-likeness (QED) is 0.350. The van der Waals surface area contributed by atoms with E-state index in [2.05, 4.69) is 43.2 Å². The van der Waals surface area contributed by atoms with Gasteiger partial charge in [-0.1, -0.05) is 68.8 Å². The van der Waals surface area contributed by atoms with Crippen LogP contribution < -0.4 is 5.32 Å². The van der Waals surface area contributed by atoms with Crippen molar-refractivity contribution in [3.8, 4) is 0 Å². The number of hydrogen-bond donors (Lipinski definition) is 3. The summed E-state index contributed by atoms with van der Waals surface area (Å²) in [7, 11) is 0. The van der Waals surface area contributed by atoms with Crippen molar-refractivity contribution in [2.24, 2.45) is 29.1 Å². The molecule has 1 saturated heterocycles. The third-order valence-electron chi connectivity index (χ3n) is 9.57. The second-order valence-electron chi connectivity index (χ2n) is 12.0. The summed E-state index contributed by atoms with van der Waals surface area (Å²) in [5, 5.41) is 15.0. The molecular weight excluding hydrogens is 500 g/mol. The number of rotatable bonds is 3. The van der Waals surface area contributed by atoms with Crippen LogP contribution in [0.4, 0.5) is 0 Å².